The molecule has 126 valence electrons. The van der Waals surface area contributed by atoms with Gasteiger partial charge in [-0.2, -0.15) is 0 Å². The van der Waals surface area contributed by atoms with Gasteiger partial charge in [-0.1, -0.05) is 9.64 Å². The zero-order valence-electron chi connectivity index (χ0n) is 13.9. The summed E-state index contributed by atoms with van der Waals surface area (Å²) in [6.45, 7) is 6.80. The largest absolute Gasteiger partial charge is 0.465 e. The van der Waals surface area contributed by atoms with E-state index in [1.54, 1.807) is 0 Å². The van der Waals surface area contributed by atoms with E-state index in [-0.39, 0.29) is 0 Å². The summed E-state index contributed by atoms with van der Waals surface area (Å²) in [5.41, 5.74) is 1.92. The molecule has 1 saturated heterocycles. The third-order valence-electron chi connectivity index (χ3n) is 4.43. The second-order valence-electron chi connectivity index (χ2n) is 6.41. The van der Waals surface area contributed by atoms with Crippen LogP contribution in [0.2, 0.25) is 0 Å². The quantitative estimate of drug-likeness (QED) is 0.717. The van der Waals surface area contributed by atoms with Crippen LogP contribution >= 0.6 is 11.5 Å². The SMILES string of the molecule is Cc1cc(-c2snnc2C2CCCN(Cc3ccc(C)o3)C2)on1. The Hall–Kier alpha value is -1.99. The second-order valence-corrected chi connectivity index (χ2v) is 7.16. The summed E-state index contributed by atoms with van der Waals surface area (Å²) < 4.78 is 15.3. The number of piperidine rings is 1. The van der Waals surface area contributed by atoms with Gasteiger partial charge in [-0.05, 0) is 56.9 Å². The Labute approximate surface area is 144 Å². The molecule has 0 radical (unpaired) electrons. The van der Waals surface area contributed by atoms with E-state index >= 15 is 0 Å². The zero-order chi connectivity index (χ0) is 16.5. The smallest absolute Gasteiger partial charge is 0.180 e. The lowest BCUT2D eigenvalue weighted by atomic mass is 9.93. The van der Waals surface area contributed by atoms with Crippen molar-refractivity contribution in [3.05, 3.63) is 41.1 Å². The summed E-state index contributed by atoms with van der Waals surface area (Å²) in [6.07, 6.45) is 2.27. The van der Waals surface area contributed by atoms with Gasteiger partial charge in [0.15, 0.2) is 5.76 Å². The van der Waals surface area contributed by atoms with Crippen molar-refractivity contribution in [2.75, 3.05) is 13.1 Å². The highest BCUT2D eigenvalue weighted by Crippen LogP contribution is 2.35. The van der Waals surface area contributed by atoms with Crippen molar-refractivity contribution >= 4 is 11.5 Å². The number of aryl methyl sites for hydroxylation is 2. The molecule has 3 aromatic heterocycles. The molecule has 1 atom stereocenters. The molecule has 24 heavy (non-hydrogen) atoms. The Bertz CT molecular complexity index is 822. The molecule has 0 aromatic carbocycles. The molecule has 0 saturated carbocycles. The van der Waals surface area contributed by atoms with Crippen molar-refractivity contribution in [3.8, 4) is 10.6 Å². The molecule has 6 nitrogen and oxygen atoms in total. The first-order valence-corrected chi connectivity index (χ1v) is 9.00. The van der Waals surface area contributed by atoms with E-state index in [1.807, 2.05) is 26.0 Å². The minimum Gasteiger partial charge on any atom is -0.465 e. The van der Waals surface area contributed by atoms with Crippen LogP contribution in [-0.2, 0) is 6.54 Å². The van der Waals surface area contributed by atoms with Gasteiger partial charge in [0.1, 0.15) is 16.4 Å². The Kier molecular flexibility index (Phi) is 4.20. The Morgan fingerprint density at radius 1 is 1.33 bits per heavy atom. The summed E-state index contributed by atoms with van der Waals surface area (Å²) in [6, 6.07) is 6.03. The first-order valence-electron chi connectivity index (χ1n) is 8.22. The van der Waals surface area contributed by atoms with Gasteiger partial charge in [-0.25, -0.2) is 0 Å². The van der Waals surface area contributed by atoms with Crippen LogP contribution in [0.5, 0.6) is 0 Å². The minimum absolute atomic E-state index is 0.369. The van der Waals surface area contributed by atoms with Gasteiger partial charge >= 0.3 is 0 Å². The molecule has 0 bridgehead atoms. The highest BCUT2D eigenvalue weighted by atomic mass is 32.1. The van der Waals surface area contributed by atoms with Crippen LogP contribution in [0, 0.1) is 13.8 Å². The molecule has 0 amide bonds. The van der Waals surface area contributed by atoms with Crippen molar-refractivity contribution in [1.29, 1.82) is 0 Å². The fraction of sp³-hybridized carbons (Fsp3) is 0.471. The fourth-order valence-electron chi connectivity index (χ4n) is 3.32. The number of aromatic nitrogens is 3. The van der Waals surface area contributed by atoms with Crippen LogP contribution in [0.1, 0.15) is 41.7 Å². The van der Waals surface area contributed by atoms with E-state index in [1.165, 1.54) is 11.5 Å². The van der Waals surface area contributed by atoms with Crippen LogP contribution in [0.25, 0.3) is 10.6 Å². The molecule has 0 N–H and O–H groups in total. The summed E-state index contributed by atoms with van der Waals surface area (Å²) in [7, 11) is 0. The number of hydrogen-bond donors (Lipinski definition) is 0. The molecule has 4 heterocycles. The lowest BCUT2D eigenvalue weighted by Crippen LogP contribution is -2.34. The van der Waals surface area contributed by atoms with Crippen molar-refractivity contribution in [3.63, 3.8) is 0 Å². The van der Waals surface area contributed by atoms with E-state index in [0.29, 0.717) is 5.92 Å². The molecule has 1 unspecified atom stereocenters. The van der Waals surface area contributed by atoms with Crippen LogP contribution in [0.15, 0.2) is 27.1 Å². The maximum Gasteiger partial charge on any atom is 0.180 e. The van der Waals surface area contributed by atoms with Gasteiger partial charge in [-0.3, -0.25) is 4.90 Å². The standard InChI is InChI=1S/C17H20N4O2S/c1-11-8-15(23-19-11)17-16(18-20-24-17)13-4-3-7-21(9-13)10-14-6-5-12(2)22-14/h5-6,8,13H,3-4,7,9-10H2,1-2H3. The molecular weight excluding hydrogens is 324 g/mol. The van der Waals surface area contributed by atoms with E-state index in [9.17, 15) is 0 Å². The van der Waals surface area contributed by atoms with Crippen LogP contribution in [0.4, 0.5) is 0 Å². The first kappa shape index (κ1) is 15.5. The number of rotatable bonds is 4. The van der Waals surface area contributed by atoms with E-state index in [0.717, 1.165) is 66.0 Å². The molecule has 0 spiro atoms. The van der Waals surface area contributed by atoms with Gasteiger partial charge in [0, 0.05) is 18.5 Å². The summed E-state index contributed by atoms with van der Waals surface area (Å²) in [5, 5.41) is 8.39. The predicted molar refractivity (Wildman–Crippen MR) is 90.8 cm³/mol. The molecule has 1 aliphatic rings. The predicted octanol–water partition coefficient (Wildman–Crippen LogP) is 3.78. The van der Waals surface area contributed by atoms with E-state index in [4.69, 9.17) is 8.94 Å². The Morgan fingerprint density at radius 2 is 2.25 bits per heavy atom. The van der Waals surface area contributed by atoms with E-state index < -0.39 is 0 Å². The monoisotopic (exact) mass is 344 g/mol. The maximum atomic E-state index is 5.72. The van der Waals surface area contributed by atoms with Crippen molar-refractivity contribution in [1.82, 2.24) is 19.6 Å². The molecular formula is C17H20N4O2S. The minimum atomic E-state index is 0.369. The Balaban J connectivity index is 1.51. The van der Waals surface area contributed by atoms with Crippen LogP contribution in [-0.4, -0.2) is 32.7 Å². The fourth-order valence-corrected chi connectivity index (χ4v) is 4.02. The molecule has 7 heteroatoms. The Morgan fingerprint density at radius 3 is 3.00 bits per heavy atom. The summed E-state index contributed by atoms with van der Waals surface area (Å²) in [4.78, 5) is 3.44. The number of likely N-dealkylation sites (tertiary alicyclic amines) is 1. The number of nitrogens with zero attached hydrogens (tertiary/aromatic N) is 4. The van der Waals surface area contributed by atoms with Gasteiger partial charge < -0.3 is 8.94 Å². The highest BCUT2D eigenvalue weighted by Gasteiger charge is 2.28. The topological polar surface area (TPSA) is 68.2 Å². The number of furan rings is 1. The third-order valence-corrected chi connectivity index (χ3v) is 5.19. The van der Waals surface area contributed by atoms with Gasteiger partial charge in [0.25, 0.3) is 0 Å². The van der Waals surface area contributed by atoms with Gasteiger partial charge in [-0.15, -0.1) is 5.10 Å². The highest BCUT2D eigenvalue weighted by molar-refractivity contribution is 7.09. The summed E-state index contributed by atoms with van der Waals surface area (Å²) >= 11 is 1.39. The van der Waals surface area contributed by atoms with E-state index in [2.05, 4.69) is 25.7 Å². The van der Waals surface area contributed by atoms with Gasteiger partial charge in [0.05, 0.1) is 17.9 Å². The molecule has 1 aliphatic heterocycles. The molecule has 3 aromatic rings. The van der Waals surface area contributed by atoms with Gasteiger partial charge in [0.2, 0.25) is 0 Å². The normalized spacial score (nSPS) is 19.0. The summed E-state index contributed by atoms with van der Waals surface area (Å²) in [5.74, 6) is 3.13. The zero-order valence-corrected chi connectivity index (χ0v) is 14.7. The van der Waals surface area contributed by atoms with Crippen molar-refractivity contribution in [2.24, 2.45) is 0 Å². The van der Waals surface area contributed by atoms with Crippen molar-refractivity contribution in [2.45, 2.75) is 39.2 Å². The molecule has 1 fully saturated rings. The van der Waals surface area contributed by atoms with Crippen LogP contribution in [0.3, 0.4) is 0 Å². The molecule has 4 rings (SSSR count). The third kappa shape index (κ3) is 3.14. The lowest BCUT2D eigenvalue weighted by molar-refractivity contribution is 0.184. The lowest BCUT2D eigenvalue weighted by Gasteiger charge is -2.31. The second kappa shape index (κ2) is 6.49. The maximum absolute atomic E-state index is 5.72. The number of hydrogen-bond acceptors (Lipinski definition) is 7. The first-order chi connectivity index (χ1) is 11.7. The van der Waals surface area contributed by atoms with Crippen LogP contribution < -0.4 is 0 Å². The average molecular weight is 344 g/mol. The average Bonchev–Trinajstić information content (AvgIpc) is 3.28. The molecule has 0 aliphatic carbocycles. The van der Waals surface area contributed by atoms with Crippen molar-refractivity contribution < 1.29 is 8.94 Å².